The van der Waals surface area contributed by atoms with Crippen LogP contribution >= 0.6 is 31.9 Å². The molecule has 0 bridgehead atoms. The lowest BCUT2D eigenvalue weighted by atomic mass is 10.1. The monoisotopic (exact) mass is 470 g/mol. The molecule has 7 heteroatoms. The highest BCUT2D eigenvalue weighted by molar-refractivity contribution is 9.10. The number of amides is 1. The Morgan fingerprint density at radius 3 is 1.96 bits per heavy atom. The summed E-state index contributed by atoms with van der Waals surface area (Å²) in [6, 6.07) is 15.2. The van der Waals surface area contributed by atoms with Gasteiger partial charge in [-0.2, -0.15) is 0 Å². The molecule has 2 aromatic rings. The van der Waals surface area contributed by atoms with Crippen LogP contribution in [0.3, 0.4) is 0 Å². The molecule has 0 aliphatic heterocycles. The number of nitrogens with two attached hydrogens (primary N) is 1. The summed E-state index contributed by atoms with van der Waals surface area (Å²) in [6.45, 7) is 2.24. The molecule has 0 atom stereocenters. The minimum absolute atomic E-state index is 0.180. The Hall–Kier alpha value is -1.70. The molecule has 2 rings (SSSR count). The zero-order valence-electron chi connectivity index (χ0n) is 13.8. The summed E-state index contributed by atoms with van der Waals surface area (Å²) in [7, 11) is 0. The highest BCUT2D eigenvalue weighted by atomic mass is 79.9. The van der Waals surface area contributed by atoms with Crippen LogP contribution in [0.15, 0.2) is 57.5 Å². The van der Waals surface area contributed by atoms with E-state index in [1.807, 2.05) is 48.5 Å². The fourth-order valence-electron chi connectivity index (χ4n) is 1.91. The maximum absolute atomic E-state index is 11.1. The lowest BCUT2D eigenvalue weighted by molar-refractivity contribution is -0.142. The molecule has 5 nitrogen and oxygen atoms in total. The first-order chi connectivity index (χ1) is 11.9. The second-order valence-electron chi connectivity index (χ2n) is 4.99. The highest BCUT2D eigenvalue weighted by Crippen LogP contribution is 2.12. The topological polar surface area (TPSA) is 81.4 Å². The highest BCUT2D eigenvalue weighted by Gasteiger charge is 2.03. The summed E-state index contributed by atoms with van der Waals surface area (Å²) in [5, 5.41) is 0. The van der Waals surface area contributed by atoms with Crippen molar-refractivity contribution in [3.8, 4) is 0 Å². The van der Waals surface area contributed by atoms with Gasteiger partial charge in [0.25, 0.3) is 0 Å². The summed E-state index contributed by atoms with van der Waals surface area (Å²) in [6.07, 6.45) is 0.656. The number of ether oxygens (including phenoxy) is 1. The first kappa shape index (κ1) is 21.3. The van der Waals surface area contributed by atoms with E-state index in [1.165, 1.54) is 0 Å². The van der Waals surface area contributed by atoms with Gasteiger partial charge in [-0.3, -0.25) is 15.0 Å². The van der Waals surface area contributed by atoms with Gasteiger partial charge in [-0.05, 0) is 42.3 Å². The van der Waals surface area contributed by atoms with Crippen molar-refractivity contribution >= 4 is 43.7 Å². The maximum atomic E-state index is 11.1. The van der Waals surface area contributed by atoms with Crippen LogP contribution in [0.2, 0.25) is 0 Å². The quantitative estimate of drug-likeness (QED) is 0.302. The van der Waals surface area contributed by atoms with E-state index in [9.17, 15) is 9.59 Å². The second kappa shape index (κ2) is 11.8. The van der Waals surface area contributed by atoms with E-state index in [-0.39, 0.29) is 11.9 Å². The van der Waals surface area contributed by atoms with Crippen LogP contribution < -0.4 is 11.3 Å². The Morgan fingerprint density at radius 2 is 1.52 bits per heavy atom. The normalized spacial score (nSPS) is 9.60. The van der Waals surface area contributed by atoms with Gasteiger partial charge < -0.3 is 4.74 Å². The van der Waals surface area contributed by atoms with Crippen molar-refractivity contribution in [1.82, 2.24) is 5.43 Å². The number of hydrogen-bond acceptors (Lipinski definition) is 4. The van der Waals surface area contributed by atoms with Gasteiger partial charge in [-0.25, -0.2) is 5.84 Å². The number of rotatable bonds is 5. The zero-order chi connectivity index (χ0) is 18.7. The molecular weight excluding hydrogens is 452 g/mol. The Balaban J connectivity index is 0.000000251. The second-order valence-corrected chi connectivity index (χ2v) is 6.82. The molecule has 2 aromatic carbocycles. The van der Waals surface area contributed by atoms with Gasteiger partial charge in [0, 0.05) is 8.95 Å². The minimum atomic E-state index is -0.187. The number of halogens is 2. The summed E-state index contributed by atoms with van der Waals surface area (Å²) < 4.78 is 6.78. The maximum Gasteiger partial charge on any atom is 0.310 e. The molecule has 134 valence electrons. The van der Waals surface area contributed by atoms with Crippen LogP contribution in [0.1, 0.15) is 18.1 Å². The Morgan fingerprint density at radius 1 is 1.00 bits per heavy atom. The predicted octanol–water partition coefficient (Wildman–Crippen LogP) is 3.54. The van der Waals surface area contributed by atoms with E-state index < -0.39 is 0 Å². The minimum Gasteiger partial charge on any atom is -0.466 e. The standard InChI is InChI=1S/C10H11BrO2.C8H9BrN2O/c1-2-13-10(12)7-8-4-3-5-9(11)6-8;9-7-3-1-2-6(4-7)5-8(12)11-10/h3-6H,2,7H2,1H3;1-4H,5,10H2,(H,11,12). The van der Waals surface area contributed by atoms with Gasteiger partial charge in [0.2, 0.25) is 5.91 Å². The van der Waals surface area contributed by atoms with Crippen molar-refractivity contribution in [3.63, 3.8) is 0 Å². The summed E-state index contributed by atoms with van der Waals surface area (Å²) in [4.78, 5) is 21.9. The molecular formula is C18H20Br2N2O3. The lowest BCUT2D eigenvalue weighted by Gasteiger charge is -2.01. The number of carbonyl (C=O) groups is 2. The fraction of sp³-hybridized carbons (Fsp3) is 0.222. The molecule has 0 spiro atoms. The number of nitrogens with one attached hydrogen (secondary N) is 1. The number of hydrogen-bond donors (Lipinski definition) is 2. The molecule has 1 amide bonds. The van der Waals surface area contributed by atoms with Crippen molar-refractivity contribution in [1.29, 1.82) is 0 Å². The third-order valence-electron chi connectivity index (χ3n) is 2.96. The average Bonchev–Trinajstić information content (AvgIpc) is 2.55. The number of hydrazine groups is 1. The predicted molar refractivity (Wildman–Crippen MR) is 105 cm³/mol. The molecule has 0 saturated heterocycles. The third kappa shape index (κ3) is 9.38. The number of esters is 1. The van der Waals surface area contributed by atoms with E-state index in [1.54, 1.807) is 6.92 Å². The van der Waals surface area contributed by atoms with Gasteiger partial charge in [-0.15, -0.1) is 0 Å². The summed E-state index contributed by atoms with van der Waals surface area (Å²) >= 11 is 6.65. The number of benzene rings is 2. The van der Waals surface area contributed by atoms with Crippen LogP contribution in [0, 0.1) is 0 Å². The van der Waals surface area contributed by atoms with E-state index in [0.717, 1.165) is 20.1 Å². The smallest absolute Gasteiger partial charge is 0.310 e. The molecule has 25 heavy (non-hydrogen) atoms. The Labute approximate surface area is 164 Å². The molecule has 0 saturated carbocycles. The molecule has 0 fully saturated rings. The van der Waals surface area contributed by atoms with Gasteiger partial charge >= 0.3 is 5.97 Å². The Kier molecular flexibility index (Phi) is 10.1. The largest absolute Gasteiger partial charge is 0.466 e. The zero-order valence-corrected chi connectivity index (χ0v) is 17.0. The third-order valence-corrected chi connectivity index (χ3v) is 3.94. The van der Waals surface area contributed by atoms with Crippen LogP contribution in [0.5, 0.6) is 0 Å². The fourth-order valence-corrected chi connectivity index (χ4v) is 2.80. The van der Waals surface area contributed by atoms with Crippen LogP contribution in [-0.4, -0.2) is 18.5 Å². The number of carbonyl (C=O) groups excluding carboxylic acids is 2. The molecule has 0 unspecified atom stereocenters. The first-order valence-electron chi connectivity index (χ1n) is 7.58. The average molecular weight is 472 g/mol. The van der Waals surface area contributed by atoms with Crippen LogP contribution in [-0.2, 0) is 27.2 Å². The summed E-state index contributed by atoms with van der Waals surface area (Å²) in [5.74, 6) is 4.58. The van der Waals surface area contributed by atoms with Crippen molar-refractivity contribution < 1.29 is 14.3 Å². The van der Waals surface area contributed by atoms with E-state index >= 15 is 0 Å². The van der Waals surface area contributed by atoms with Crippen molar-refractivity contribution in [3.05, 3.63) is 68.6 Å². The Bertz CT molecular complexity index is 708. The van der Waals surface area contributed by atoms with Crippen molar-refractivity contribution in [2.24, 2.45) is 5.84 Å². The van der Waals surface area contributed by atoms with Crippen molar-refractivity contribution in [2.75, 3.05) is 6.61 Å². The SMILES string of the molecule is CCOC(=O)Cc1cccc(Br)c1.NNC(=O)Cc1cccc(Br)c1. The van der Waals surface area contributed by atoms with E-state index in [4.69, 9.17) is 10.6 Å². The molecule has 0 aliphatic carbocycles. The van der Waals surface area contributed by atoms with E-state index in [2.05, 4.69) is 37.3 Å². The molecule has 3 N–H and O–H groups in total. The van der Waals surface area contributed by atoms with Gasteiger partial charge in [0.15, 0.2) is 0 Å². The molecule has 0 aliphatic rings. The molecule has 0 aromatic heterocycles. The molecule has 0 radical (unpaired) electrons. The van der Waals surface area contributed by atoms with Crippen LogP contribution in [0.4, 0.5) is 0 Å². The van der Waals surface area contributed by atoms with Crippen molar-refractivity contribution in [2.45, 2.75) is 19.8 Å². The molecule has 0 heterocycles. The van der Waals surface area contributed by atoms with Gasteiger partial charge in [-0.1, -0.05) is 56.1 Å². The van der Waals surface area contributed by atoms with E-state index in [0.29, 0.717) is 19.4 Å². The first-order valence-corrected chi connectivity index (χ1v) is 9.17. The van der Waals surface area contributed by atoms with Gasteiger partial charge in [0.05, 0.1) is 19.4 Å². The van der Waals surface area contributed by atoms with Gasteiger partial charge in [0.1, 0.15) is 0 Å². The van der Waals surface area contributed by atoms with Crippen LogP contribution in [0.25, 0.3) is 0 Å². The lowest BCUT2D eigenvalue weighted by Crippen LogP contribution is -2.31. The summed E-state index contributed by atoms with van der Waals surface area (Å²) in [5.41, 5.74) is 3.98.